The van der Waals surface area contributed by atoms with Crippen molar-refractivity contribution in [3.05, 3.63) is 0 Å². The molecule has 1 rings (SSSR count). The van der Waals surface area contributed by atoms with Gasteiger partial charge in [-0.15, -0.1) is 0 Å². The number of likely N-dealkylation sites (tertiary alicyclic amines) is 1. The number of likely N-dealkylation sites (N-methyl/N-ethyl adjacent to an activating group) is 1. The Kier molecular flexibility index (Phi) is 5.05. The van der Waals surface area contributed by atoms with Crippen LogP contribution in [-0.2, 0) is 4.79 Å². The summed E-state index contributed by atoms with van der Waals surface area (Å²) in [7, 11) is 0. The van der Waals surface area contributed by atoms with Crippen molar-refractivity contribution in [2.75, 3.05) is 32.8 Å². The van der Waals surface area contributed by atoms with E-state index in [1.165, 1.54) is 0 Å². The van der Waals surface area contributed by atoms with Crippen molar-refractivity contribution in [3.63, 3.8) is 0 Å². The predicted octanol–water partition coefficient (Wildman–Crippen LogP) is 0.311. The lowest BCUT2D eigenvalue weighted by atomic mass is 10.2. The molecule has 0 aromatic rings. The lowest BCUT2D eigenvalue weighted by Crippen LogP contribution is -2.43. The van der Waals surface area contributed by atoms with E-state index >= 15 is 0 Å². The summed E-state index contributed by atoms with van der Waals surface area (Å²) in [4.78, 5) is 15.8. The summed E-state index contributed by atoms with van der Waals surface area (Å²) in [6, 6.07) is 0.199. The fourth-order valence-electron chi connectivity index (χ4n) is 2.16. The summed E-state index contributed by atoms with van der Waals surface area (Å²) >= 11 is 0. The van der Waals surface area contributed by atoms with E-state index in [4.69, 9.17) is 5.11 Å². The molecule has 1 N–H and O–H groups in total. The van der Waals surface area contributed by atoms with Crippen LogP contribution in [0.5, 0.6) is 0 Å². The Balaban J connectivity index is 2.42. The molecular formula is C11H22N2O2. The van der Waals surface area contributed by atoms with Crippen molar-refractivity contribution in [2.24, 2.45) is 0 Å². The second-order valence-corrected chi connectivity index (χ2v) is 4.02. The normalized spacial score (nSPS) is 21.9. The van der Waals surface area contributed by atoms with Gasteiger partial charge in [0.25, 0.3) is 0 Å². The first kappa shape index (κ1) is 12.5. The number of carbonyl (C=O) groups excluding carboxylic acids is 1. The number of nitrogens with zero attached hydrogens (tertiary/aromatic N) is 2. The van der Waals surface area contributed by atoms with Crippen molar-refractivity contribution >= 4 is 5.91 Å². The minimum atomic E-state index is 0.172. The fourth-order valence-corrected chi connectivity index (χ4v) is 2.16. The van der Waals surface area contributed by atoms with Crippen molar-refractivity contribution in [2.45, 2.75) is 32.7 Å². The third kappa shape index (κ3) is 3.18. The number of aliphatic hydroxyl groups excluding tert-OH is 1. The van der Waals surface area contributed by atoms with E-state index in [0.717, 1.165) is 32.5 Å². The molecule has 0 radical (unpaired) electrons. The zero-order chi connectivity index (χ0) is 11.3. The van der Waals surface area contributed by atoms with Crippen LogP contribution in [0.4, 0.5) is 0 Å². The van der Waals surface area contributed by atoms with Crippen LogP contribution in [0, 0.1) is 0 Å². The van der Waals surface area contributed by atoms with Gasteiger partial charge in [-0.05, 0) is 33.2 Å². The van der Waals surface area contributed by atoms with Crippen molar-refractivity contribution < 1.29 is 9.90 Å². The lowest BCUT2D eigenvalue weighted by molar-refractivity contribution is -0.132. The number of hydrogen-bond donors (Lipinski definition) is 1. The van der Waals surface area contributed by atoms with Gasteiger partial charge in [-0.1, -0.05) is 0 Å². The molecule has 1 saturated heterocycles. The molecule has 0 aliphatic carbocycles. The summed E-state index contributed by atoms with van der Waals surface area (Å²) in [6.45, 7) is 7.11. The highest BCUT2D eigenvalue weighted by Gasteiger charge is 2.26. The van der Waals surface area contributed by atoms with E-state index in [1.807, 2.05) is 18.7 Å². The molecule has 0 bridgehead atoms. The molecule has 88 valence electrons. The number of hydrogen-bond acceptors (Lipinski definition) is 3. The van der Waals surface area contributed by atoms with E-state index in [1.54, 1.807) is 0 Å². The van der Waals surface area contributed by atoms with Crippen molar-refractivity contribution in [1.82, 2.24) is 9.80 Å². The van der Waals surface area contributed by atoms with E-state index in [2.05, 4.69) is 4.90 Å². The second-order valence-electron chi connectivity index (χ2n) is 4.02. The first-order valence-corrected chi connectivity index (χ1v) is 5.85. The van der Waals surface area contributed by atoms with Crippen LogP contribution in [0.2, 0.25) is 0 Å². The Morgan fingerprint density at radius 2 is 2.13 bits per heavy atom. The Hall–Kier alpha value is -0.610. The minimum Gasteiger partial charge on any atom is -0.395 e. The van der Waals surface area contributed by atoms with Crippen LogP contribution in [0.25, 0.3) is 0 Å². The van der Waals surface area contributed by atoms with Gasteiger partial charge in [-0.25, -0.2) is 0 Å². The summed E-state index contributed by atoms with van der Waals surface area (Å²) in [5.74, 6) is 0.181. The van der Waals surface area contributed by atoms with Gasteiger partial charge in [0.15, 0.2) is 0 Å². The maximum atomic E-state index is 11.8. The van der Waals surface area contributed by atoms with Gasteiger partial charge in [0.2, 0.25) is 5.91 Å². The van der Waals surface area contributed by atoms with Gasteiger partial charge in [0, 0.05) is 19.1 Å². The Morgan fingerprint density at radius 3 is 2.67 bits per heavy atom. The van der Waals surface area contributed by atoms with Crippen LogP contribution in [0.3, 0.4) is 0 Å². The molecule has 4 heteroatoms. The largest absolute Gasteiger partial charge is 0.395 e. The highest BCUT2D eigenvalue weighted by Crippen LogP contribution is 2.16. The number of rotatable bonds is 5. The van der Waals surface area contributed by atoms with E-state index in [0.29, 0.717) is 6.54 Å². The molecule has 0 aromatic carbocycles. The number of carbonyl (C=O) groups is 1. The summed E-state index contributed by atoms with van der Waals surface area (Å²) in [5.41, 5.74) is 0. The van der Waals surface area contributed by atoms with Crippen LogP contribution >= 0.6 is 0 Å². The SMILES string of the molecule is CCN(CC)C(=O)CN1CCC[C@@H]1CO. The van der Waals surface area contributed by atoms with Gasteiger partial charge >= 0.3 is 0 Å². The average Bonchev–Trinajstić information content (AvgIpc) is 2.67. The zero-order valence-electron chi connectivity index (χ0n) is 9.78. The van der Waals surface area contributed by atoms with E-state index in [9.17, 15) is 4.79 Å². The molecule has 0 aromatic heterocycles. The molecule has 1 aliphatic rings. The fraction of sp³-hybridized carbons (Fsp3) is 0.909. The molecule has 0 saturated carbocycles. The van der Waals surface area contributed by atoms with Crippen molar-refractivity contribution in [1.29, 1.82) is 0 Å². The maximum absolute atomic E-state index is 11.8. The van der Waals surface area contributed by atoms with Crippen LogP contribution in [0.15, 0.2) is 0 Å². The smallest absolute Gasteiger partial charge is 0.236 e. The predicted molar refractivity (Wildman–Crippen MR) is 59.6 cm³/mol. The van der Waals surface area contributed by atoms with E-state index in [-0.39, 0.29) is 18.6 Å². The van der Waals surface area contributed by atoms with Gasteiger partial charge in [-0.3, -0.25) is 9.69 Å². The van der Waals surface area contributed by atoms with Crippen molar-refractivity contribution in [3.8, 4) is 0 Å². The molecule has 1 amide bonds. The van der Waals surface area contributed by atoms with Crippen LogP contribution in [-0.4, -0.2) is 59.6 Å². The summed E-state index contributed by atoms with van der Waals surface area (Å²) < 4.78 is 0. The molecule has 4 nitrogen and oxygen atoms in total. The quantitative estimate of drug-likeness (QED) is 0.716. The highest BCUT2D eigenvalue weighted by atomic mass is 16.3. The average molecular weight is 214 g/mol. The first-order valence-electron chi connectivity index (χ1n) is 5.85. The molecule has 0 unspecified atom stereocenters. The number of amides is 1. The second kappa shape index (κ2) is 6.08. The van der Waals surface area contributed by atoms with Gasteiger partial charge < -0.3 is 10.0 Å². The monoisotopic (exact) mass is 214 g/mol. The van der Waals surface area contributed by atoms with Crippen LogP contribution in [0.1, 0.15) is 26.7 Å². The molecule has 1 aliphatic heterocycles. The number of aliphatic hydroxyl groups is 1. The Morgan fingerprint density at radius 1 is 1.47 bits per heavy atom. The topological polar surface area (TPSA) is 43.8 Å². The summed E-state index contributed by atoms with van der Waals surface area (Å²) in [6.07, 6.45) is 2.11. The summed E-state index contributed by atoms with van der Waals surface area (Å²) in [5, 5.41) is 9.14. The van der Waals surface area contributed by atoms with Gasteiger partial charge in [0.05, 0.1) is 13.2 Å². The standard InChI is InChI=1S/C11H22N2O2/c1-3-12(4-2)11(15)8-13-7-5-6-10(13)9-14/h10,14H,3-9H2,1-2H3/t10-/m1/s1. The highest BCUT2D eigenvalue weighted by molar-refractivity contribution is 5.78. The van der Waals surface area contributed by atoms with Crippen LogP contribution < -0.4 is 0 Å². The van der Waals surface area contributed by atoms with E-state index < -0.39 is 0 Å². The third-order valence-corrected chi connectivity index (χ3v) is 3.16. The first-order chi connectivity index (χ1) is 7.22. The molecule has 0 spiro atoms. The Labute approximate surface area is 91.9 Å². The molecule has 15 heavy (non-hydrogen) atoms. The zero-order valence-corrected chi connectivity index (χ0v) is 9.78. The molecule has 1 atom stereocenters. The molecular weight excluding hydrogens is 192 g/mol. The lowest BCUT2D eigenvalue weighted by Gasteiger charge is -2.26. The maximum Gasteiger partial charge on any atom is 0.236 e. The Bertz CT molecular complexity index is 205. The molecule has 1 fully saturated rings. The molecule has 1 heterocycles. The minimum absolute atomic E-state index is 0.172. The van der Waals surface area contributed by atoms with Gasteiger partial charge in [-0.2, -0.15) is 0 Å². The van der Waals surface area contributed by atoms with Gasteiger partial charge in [0.1, 0.15) is 0 Å². The third-order valence-electron chi connectivity index (χ3n) is 3.16.